The molecule has 1 aliphatic heterocycles. The maximum absolute atomic E-state index is 13.6. The first-order valence-corrected chi connectivity index (χ1v) is 7.62. The Kier molecular flexibility index (Phi) is 8.29. The molecule has 0 saturated carbocycles. The molecule has 5 nitrogen and oxygen atoms in total. The van der Waals surface area contributed by atoms with Gasteiger partial charge in [-0.1, -0.05) is 25.1 Å². The van der Waals surface area contributed by atoms with Gasteiger partial charge >= 0.3 is 0 Å². The molecular weight excluding hydrogens is 410 g/mol. The van der Waals surface area contributed by atoms with Gasteiger partial charge in [-0.25, -0.2) is 4.39 Å². The summed E-state index contributed by atoms with van der Waals surface area (Å²) in [5, 5.41) is 6.39. The Morgan fingerprint density at radius 1 is 1.43 bits per heavy atom. The van der Waals surface area contributed by atoms with E-state index in [9.17, 15) is 9.18 Å². The Morgan fingerprint density at radius 2 is 2.17 bits per heavy atom. The number of hydrogen-bond donors (Lipinski definition) is 2. The first-order valence-electron chi connectivity index (χ1n) is 7.62. The van der Waals surface area contributed by atoms with Gasteiger partial charge in [0, 0.05) is 44.7 Å². The van der Waals surface area contributed by atoms with E-state index in [0.717, 1.165) is 13.0 Å². The van der Waals surface area contributed by atoms with Crippen molar-refractivity contribution in [2.75, 3.05) is 20.1 Å². The van der Waals surface area contributed by atoms with Crippen LogP contribution in [-0.2, 0) is 11.3 Å². The van der Waals surface area contributed by atoms with Gasteiger partial charge in [0.15, 0.2) is 5.96 Å². The van der Waals surface area contributed by atoms with Gasteiger partial charge in [-0.2, -0.15) is 0 Å². The second-order valence-corrected chi connectivity index (χ2v) is 5.34. The predicted octanol–water partition coefficient (Wildman–Crippen LogP) is 2.12. The van der Waals surface area contributed by atoms with Crippen LogP contribution in [0.25, 0.3) is 0 Å². The number of carbonyl (C=O) groups excluding carboxylic acids is 1. The largest absolute Gasteiger partial charge is 0.352 e. The highest BCUT2D eigenvalue weighted by molar-refractivity contribution is 14.0. The van der Waals surface area contributed by atoms with Crippen molar-refractivity contribution in [1.82, 2.24) is 15.5 Å². The Balaban J connectivity index is 0.00000264. The predicted molar refractivity (Wildman–Crippen MR) is 100 cm³/mol. The van der Waals surface area contributed by atoms with Gasteiger partial charge in [0.25, 0.3) is 0 Å². The zero-order valence-corrected chi connectivity index (χ0v) is 15.8. The maximum Gasteiger partial charge on any atom is 0.222 e. The lowest BCUT2D eigenvalue weighted by Gasteiger charge is -2.18. The van der Waals surface area contributed by atoms with E-state index in [4.69, 9.17) is 0 Å². The molecule has 1 heterocycles. The van der Waals surface area contributed by atoms with Crippen LogP contribution in [-0.4, -0.2) is 42.9 Å². The molecule has 1 saturated heterocycles. The molecule has 23 heavy (non-hydrogen) atoms. The summed E-state index contributed by atoms with van der Waals surface area (Å²) in [6.45, 7) is 3.70. The third-order valence-electron chi connectivity index (χ3n) is 3.81. The van der Waals surface area contributed by atoms with Gasteiger partial charge in [-0.05, 0) is 12.5 Å². The number of amides is 1. The average molecular weight is 434 g/mol. The number of halogens is 2. The van der Waals surface area contributed by atoms with Crippen molar-refractivity contribution >= 4 is 35.8 Å². The van der Waals surface area contributed by atoms with Crippen LogP contribution in [0.4, 0.5) is 4.39 Å². The Hall–Kier alpha value is -1.38. The summed E-state index contributed by atoms with van der Waals surface area (Å²) in [6, 6.07) is 6.85. The molecule has 0 aliphatic carbocycles. The van der Waals surface area contributed by atoms with E-state index in [1.807, 2.05) is 17.9 Å². The lowest BCUT2D eigenvalue weighted by atomic mass is 10.2. The van der Waals surface area contributed by atoms with Crippen molar-refractivity contribution in [1.29, 1.82) is 0 Å². The van der Waals surface area contributed by atoms with Crippen LogP contribution < -0.4 is 10.6 Å². The minimum Gasteiger partial charge on any atom is -0.352 e. The molecule has 1 amide bonds. The van der Waals surface area contributed by atoms with Crippen molar-refractivity contribution < 1.29 is 9.18 Å². The minimum atomic E-state index is -0.231. The summed E-state index contributed by atoms with van der Waals surface area (Å²) in [7, 11) is 1.68. The molecule has 0 radical (unpaired) electrons. The van der Waals surface area contributed by atoms with E-state index in [-0.39, 0.29) is 41.7 Å². The number of likely N-dealkylation sites (tertiary alicyclic amines) is 1. The molecule has 0 bridgehead atoms. The van der Waals surface area contributed by atoms with Crippen LogP contribution >= 0.6 is 24.0 Å². The molecule has 1 fully saturated rings. The number of rotatable bonds is 4. The molecule has 0 aromatic heterocycles. The number of guanidine groups is 1. The molecule has 0 spiro atoms. The number of nitrogens with one attached hydrogen (secondary N) is 2. The first-order chi connectivity index (χ1) is 10.6. The van der Waals surface area contributed by atoms with Crippen molar-refractivity contribution in [3.05, 3.63) is 35.6 Å². The minimum absolute atomic E-state index is 0. The second kappa shape index (κ2) is 9.69. The van der Waals surface area contributed by atoms with E-state index < -0.39 is 0 Å². The quantitative estimate of drug-likeness (QED) is 0.434. The Bertz CT molecular complexity index is 553. The summed E-state index contributed by atoms with van der Waals surface area (Å²) >= 11 is 0. The summed E-state index contributed by atoms with van der Waals surface area (Å²) in [5.74, 6) is 0.573. The SMILES string of the molecule is CCC(=O)N1CCC(NC(=NC)NCc2ccccc2F)C1.I. The maximum atomic E-state index is 13.6. The second-order valence-electron chi connectivity index (χ2n) is 5.34. The molecule has 1 aromatic rings. The summed E-state index contributed by atoms with van der Waals surface area (Å²) in [6.07, 6.45) is 1.43. The first kappa shape index (κ1) is 19.7. The summed E-state index contributed by atoms with van der Waals surface area (Å²) < 4.78 is 13.6. The lowest BCUT2D eigenvalue weighted by Crippen LogP contribution is -2.44. The number of aliphatic imine (C=N–C) groups is 1. The Morgan fingerprint density at radius 3 is 2.83 bits per heavy atom. The normalized spacial score (nSPS) is 17.6. The van der Waals surface area contributed by atoms with E-state index in [2.05, 4.69) is 15.6 Å². The zero-order valence-electron chi connectivity index (χ0n) is 13.5. The molecule has 1 atom stereocenters. The van der Waals surface area contributed by atoms with Crippen LogP contribution in [0.2, 0.25) is 0 Å². The monoisotopic (exact) mass is 434 g/mol. The number of nitrogens with zero attached hydrogens (tertiary/aromatic N) is 2. The molecule has 2 N–H and O–H groups in total. The van der Waals surface area contributed by atoms with Crippen LogP contribution in [0, 0.1) is 5.82 Å². The van der Waals surface area contributed by atoms with Gasteiger partial charge in [0.2, 0.25) is 5.91 Å². The average Bonchev–Trinajstić information content (AvgIpc) is 3.00. The summed E-state index contributed by atoms with van der Waals surface area (Å²) in [4.78, 5) is 17.7. The van der Waals surface area contributed by atoms with Crippen molar-refractivity contribution in [2.45, 2.75) is 32.4 Å². The standard InChI is InChI=1S/C16H23FN4O.HI/c1-3-15(22)21-9-8-13(11-21)20-16(18-2)19-10-12-6-4-5-7-14(12)17;/h4-7,13H,3,8-11H2,1-2H3,(H2,18,19,20);1H. The Labute approximate surface area is 153 Å². The molecule has 128 valence electrons. The highest BCUT2D eigenvalue weighted by atomic mass is 127. The molecule has 7 heteroatoms. The van der Waals surface area contributed by atoms with E-state index in [0.29, 0.717) is 31.0 Å². The molecule has 1 unspecified atom stereocenters. The molecule has 1 aromatic carbocycles. The topological polar surface area (TPSA) is 56.7 Å². The van der Waals surface area contributed by atoms with Crippen molar-refractivity contribution in [3.8, 4) is 0 Å². The lowest BCUT2D eigenvalue weighted by molar-refractivity contribution is -0.129. The highest BCUT2D eigenvalue weighted by Crippen LogP contribution is 2.10. The molecular formula is C16H24FIN4O. The van der Waals surface area contributed by atoms with Crippen molar-refractivity contribution in [2.24, 2.45) is 4.99 Å². The third kappa shape index (κ3) is 5.63. The van der Waals surface area contributed by atoms with Crippen molar-refractivity contribution in [3.63, 3.8) is 0 Å². The fraction of sp³-hybridized carbons (Fsp3) is 0.500. The number of carbonyl (C=O) groups is 1. The fourth-order valence-corrected chi connectivity index (χ4v) is 2.54. The zero-order chi connectivity index (χ0) is 15.9. The molecule has 2 rings (SSSR count). The highest BCUT2D eigenvalue weighted by Gasteiger charge is 2.25. The van der Waals surface area contributed by atoms with Crippen LogP contribution in [0.5, 0.6) is 0 Å². The van der Waals surface area contributed by atoms with Crippen LogP contribution in [0.3, 0.4) is 0 Å². The van der Waals surface area contributed by atoms with Crippen LogP contribution in [0.15, 0.2) is 29.3 Å². The third-order valence-corrected chi connectivity index (χ3v) is 3.81. The van der Waals surface area contributed by atoms with Gasteiger partial charge in [0.05, 0.1) is 0 Å². The van der Waals surface area contributed by atoms with Gasteiger partial charge in [0.1, 0.15) is 5.82 Å². The number of hydrogen-bond acceptors (Lipinski definition) is 2. The fourth-order valence-electron chi connectivity index (χ4n) is 2.54. The van der Waals surface area contributed by atoms with E-state index >= 15 is 0 Å². The smallest absolute Gasteiger partial charge is 0.222 e. The van der Waals surface area contributed by atoms with Gasteiger partial charge in [-0.3, -0.25) is 9.79 Å². The van der Waals surface area contributed by atoms with Gasteiger partial charge in [-0.15, -0.1) is 24.0 Å². The van der Waals surface area contributed by atoms with E-state index in [1.165, 1.54) is 6.07 Å². The van der Waals surface area contributed by atoms with Crippen LogP contribution in [0.1, 0.15) is 25.3 Å². The number of benzene rings is 1. The summed E-state index contributed by atoms with van der Waals surface area (Å²) in [5.41, 5.74) is 0.597. The molecule has 1 aliphatic rings. The van der Waals surface area contributed by atoms with E-state index in [1.54, 1.807) is 19.2 Å². The van der Waals surface area contributed by atoms with Gasteiger partial charge < -0.3 is 15.5 Å².